The minimum atomic E-state index is -1.18. The van der Waals surface area contributed by atoms with E-state index in [2.05, 4.69) is 44.5 Å². The van der Waals surface area contributed by atoms with Gasteiger partial charge >= 0.3 is 11.9 Å². The van der Waals surface area contributed by atoms with Gasteiger partial charge in [-0.2, -0.15) is 12.6 Å². The van der Waals surface area contributed by atoms with Crippen LogP contribution in [-0.2, 0) is 57.3 Å². The number of ether oxygens (including phenoxy) is 4. The lowest BCUT2D eigenvalue weighted by Crippen LogP contribution is -2.42. The van der Waals surface area contributed by atoms with Gasteiger partial charge < -0.3 is 66.2 Å². The van der Waals surface area contributed by atoms with E-state index in [0.717, 1.165) is 25.7 Å². The fraction of sp³-hybridized carbons (Fsp3) is 0.818. The SMILES string of the molecule is CCC(O)CC(=O)NCCCCC(NC(=O)COCCOCCNC(=O)COCCOCCNC(=O)CCC(C)NC(=O)C1CCC(CNC(=O)CC(S)CC(C)CC(=O)O)CC1)C(=O)O. The van der Waals surface area contributed by atoms with Crippen molar-refractivity contribution in [1.29, 1.82) is 0 Å². The lowest BCUT2D eigenvalue weighted by atomic mass is 9.81. The Kier molecular flexibility index (Phi) is 33.6. The third-order valence-corrected chi connectivity index (χ3v) is 11.1. The van der Waals surface area contributed by atoms with Crippen LogP contribution in [-0.4, -0.2) is 165 Å². The molecular formula is C44H78N6O15S. The first-order chi connectivity index (χ1) is 31.5. The molecule has 380 valence electrons. The van der Waals surface area contributed by atoms with E-state index in [9.17, 15) is 48.6 Å². The number of carboxylic acids is 2. The van der Waals surface area contributed by atoms with Crippen LogP contribution >= 0.6 is 12.6 Å². The highest BCUT2D eigenvalue weighted by atomic mass is 32.1. The molecule has 0 aliphatic heterocycles. The molecule has 0 spiro atoms. The van der Waals surface area contributed by atoms with Crippen molar-refractivity contribution in [3.8, 4) is 0 Å². The molecule has 1 aliphatic rings. The van der Waals surface area contributed by atoms with Crippen LogP contribution in [0, 0.1) is 17.8 Å². The van der Waals surface area contributed by atoms with Crippen molar-refractivity contribution in [3.05, 3.63) is 0 Å². The number of aliphatic hydroxyl groups excluding tert-OH is 1. The van der Waals surface area contributed by atoms with Gasteiger partial charge in [-0.1, -0.05) is 13.8 Å². The quantitative estimate of drug-likeness (QED) is 0.0300. The minimum Gasteiger partial charge on any atom is -0.481 e. The molecule has 0 aromatic rings. The van der Waals surface area contributed by atoms with E-state index in [1.165, 1.54) is 0 Å². The number of carbonyl (C=O) groups is 8. The summed E-state index contributed by atoms with van der Waals surface area (Å²) < 4.78 is 21.3. The summed E-state index contributed by atoms with van der Waals surface area (Å²) in [6.45, 7) is 7.42. The highest BCUT2D eigenvalue weighted by Crippen LogP contribution is 2.29. The van der Waals surface area contributed by atoms with Gasteiger partial charge in [0.15, 0.2) is 0 Å². The fourth-order valence-corrected chi connectivity index (χ4v) is 7.47. The molecule has 21 nitrogen and oxygen atoms in total. The summed E-state index contributed by atoms with van der Waals surface area (Å²) in [6, 6.07) is -1.27. The van der Waals surface area contributed by atoms with E-state index in [-0.39, 0.29) is 144 Å². The number of amides is 6. The van der Waals surface area contributed by atoms with Gasteiger partial charge in [-0.25, -0.2) is 4.79 Å². The number of carboxylic acid groups (broad SMARTS) is 2. The fourth-order valence-electron chi connectivity index (χ4n) is 6.94. The maximum absolute atomic E-state index is 12.8. The third-order valence-electron chi connectivity index (χ3n) is 10.7. The van der Waals surface area contributed by atoms with Crippen LogP contribution < -0.4 is 31.9 Å². The molecule has 6 amide bonds. The van der Waals surface area contributed by atoms with Crippen LogP contribution in [0.1, 0.15) is 111 Å². The van der Waals surface area contributed by atoms with Crippen molar-refractivity contribution in [2.24, 2.45) is 17.8 Å². The average Bonchev–Trinajstić information content (AvgIpc) is 3.25. The van der Waals surface area contributed by atoms with Gasteiger partial charge in [0.25, 0.3) is 0 Å². The zero-order valence-electron chi connectivity index (χ0n) is 39.1. The van der Waals surface area contributed by atoms with Crippen LogP contribution in [0.5, 0.6) is 0 Å². The van der Waals surface area contributed by atoms with E-state index in [1.54, 1.807) is 6.92 Å². The first kappa shape index (κ1) is 59.9. The normalized spacial score (nSPS) is 17.0. The minimum absolute atomic E-state index is 0.0158. The van der Waals surface area contributed by atoms with Crippen LogP contribution in [0.3, 0.4) is 0 Å². The first-order valence-electron chi connectivity index (χ1n) is 23.3. The smallest absolute Gasteiger partial charge is 0.326 e. The second kappa shape index (κ2) is 37.0. The second-order valence-corrected chi connectivity index (χ2v) is 17.6. The molecular weight excluding hydrogens is 885 g/mol. The number of thiol groups is 1. The van der Waals surface area contributed by atoms with E-state index in [1.807, 2.05) is 13.8 Å². The zero-order chi connectivity index (χ0) is 49.1. The molecule has 22 heteroatoms. The van der Waals surface area contributed by atoms with Crippen molar-refractivity contribution in [1.82, 2.24) is 31.9 Å². The zero-order valence-corrected chi connectivity index (χ0v) is 40.0. The Balaban J connectivity index is 1.99. The van der Waals surface area contributed by atoms with Crippen LogP contribution in [0.4, 0.5) is 0 Å². The van der Waals surface area contributed by atoms with Gasteiger partial charge in [0.1, 0.15) is 19.3 Å². The van der Waals surface area contributed by atoms with Gasteiger partial charge in [0.05, 0.1) is 52.2 Å². The Morgan fingerprint density at radius 1 is 0.636 bits per heavy atom. The van der Waals surface area contributed by atoms with Crippen LogP contribution in [0.25, 0.3) is 0 Å². The molecule has 1 aliphatic carbocycles. The van der Waals surface area contributed by atoms with Gasteiger partial charge in [-0.3, -0.25) is 33.6 Å². The molecule has 0 aromatic carbocycles. The molecule has 1 saturated carbocycles. The summed E-state index contributed by atoms with van der Waals surface area (Å²) in [6.07, 6.45) is 5.60. The number of aliphatic carboxylic acids is 2. The lowest BCUT2D eigenvalue weighted by Gasteiger charge is -2.29. The molecule has 5 atom stereocenters. The third kappa shape index (κ3) is 32.6. The lowest BCUT2D eigenvalue weighted by molar-refractivity contribution is -0.143. The molecule has 0 heterocycles. The van der Waals surface area contributed by atoms with Crippen molar-refractivity contribution in [2.45, 2.75) is 134 Å². The molecule has 1 rings (SSSR count). The number of rotatable bonds is 39. The van der Waals surface area contributed by atoms with E-state index < -0.39 is 30.0 Å². The average molecular weight is 963 g/mol. The standard InChI is InChI=1S/C44H78N6O15S/c1-4-34(51)25-38(53)45-14-6-5-7-36(44(60)61)50-41(56)29-65-22-20-63-18-16-47-40(55)28-64-21-19-62-17-15-46-37(52)13-8-31(3)49-43(59)33-11-9-32(10-12-33)27-48-39(54)26-35(66)23-30(2)24-42(57)58/h30-36,51,66H,4-29H2,1-3H3,(H,45,53)(H,46,52)(H,47,55)(H,48,54)(H,49,59)(H,50,56)(H,57,58)(H,60,61). The van der Waals surface area contributed by atoms with E-state index >= 15 is 0 Å². The van der Waals surface area contributed by atoms with Crippen LogP contribution in [0.15, 0.2) is 0 Å². The number of nitrogens with one attached hydrogen (secondary N) is 6. The molecule has 0 bridgehead atoms. The van der Waals surface area contributed by atoms with Gasteiger partial charge in [0.2, 0.25) is 35.4 Å². The van der Waals surface area contributed by atoms with E-state index in [0.29, 0.717) is 57.7 Å². The number of hydrogen-bond donors (Lipinski definition) is 10. The Bertz CT molecular complexity index is 1450. The highest BCUT2D eigenvalue weighted by molar-refractivity contribution is 7.81. The largest absolute Gasteiger partial charge is 0.481 e. The summed E-state index contributed by atoms with van der Waals surface area (Å²) in [5.74, 6) is -3.40. The van der Waals surface area contributed by atoms with Crippen molar-refractivity contribution in [3.63, 3.8) is 0 Å². The molecule has 0 aromatic heterocycles. The maximum atomic E-state index is 12.8. The number of carbonyl (C=O) groups excluding carboxylic acids is 6. The van der Waals surface area contributed by atoms with Crippen molar-refractivity contribution >= 4 is 60.0 Å². The summed E-state index contributed by atoms with van der Waals surface area (Å²) in [7, 11) is 0. The molecule has 0 saturated heterocycles. The molecule has 0 radical (unpaired) electrons. The Labute approximate surface area is 394 Å². The van der Waals surface area contributed by atoms with Crippen LogP contribution in [0.2, 0.25) is 0 Å². The summed E-state index contributed by atoms with van der Waals surface area (Å²) in [4.78, 5) is 95.6. The van der Waals surface area contributed by atoms with Gasteiger partial charge in [-0.15, -0.1) is 0 Å². The molecule has 9 N–H and O–H groups in total. The Morgan fingerprint density at radius 2 is 1.21 bits per heavy atom. The van der Waals surface area contributed by atoms with Gasteiger partial charge in [0, 0.05) is 62.7 Å². The summed E-state index contributed by atoms with van der Waals surface area (Å²) in [5.41, 5.74) is 0. The molecule has 66 heavy (non-hydrogen) atoms. The Morgan fingerprint density at radius 3 is 1.82 bits per heavy atom. The monoisotopic (exact) mass is 963 g/mol. The molecule has 1 fully saturated rings. The number of unbranched alkanes of at least 4 members (excludes halogenated alkanes) is 1. The van der Waals surface area contributed by atoms with Gasteiger partial charge in [-0.05, 0) is 83.0 Å². The Hall–Kier alpha value is -4.09. The van der Waals surface area contributed by atoms with Crippen molar-refractivity contribution < 1.29 is 72.6 Å². The summed E-state index contributed by atoms with van der Waals surface area (Å²) >= 11 is 4.45. The second-order valence-electron chi connectivity index (χ2n) is 16.9. The highest BCUT2D eigenvalue weighted by Gasteiger charge is 2.28. The first-order valence-corrected chi connectivity index (χ1v) is 23.8. The van der Waals surface area contributed by atoms with E-state index in [4.69, 9.17) is 24.1 Å². The van der Waals surface area contributed by atoms with Crippen molar-refractivity contribution in [2.75, 3.05) is 79.0 Å². The number of hydrogen-bond acceptors (Lipinski definition) is 14. The topological polar surface area (TPSA) is 306 Å². The maximum Gasteiger partial charge on any atom is 0.326 e. The number of aliphatic hydroxyl groups is 1. The predicted octanol–water partition coefficient (Wildman–Crippen LogP) is 0.699. The predicted molar refractivity (Wildman–Crippen MR) is 245 cm³/mol. The molecule has 5 unspecified atom stereocenters. The summed E-state index contributed by atoms with van der Waals surface area (Å²) in [5, 5.41) is 44.1.